The number of aliphatic imine (C=N–C) groups is 1. The molecule has 2 heterocycles. The van der Waals surface area contributed by atoms with E-state index >= 15 is 0 Å². The number of carbonyl (C=O) groups excluding carboxylic acids is 3. The standard InChI is InChI=1S/C15H24N4O4S/c1-4-6-7-8-19-11-12(18(3)14(22)17-13(11)21)16-15(19)24-9-10(20)23-5-2/h11-12H,4-9H2,1-3H3,(H,17,21,22). The van der Waals surface area contributed by atoms with Crippen molar-refractivity contribution in [2.45, 2.75) is 45.3 Å². The molecule has 2 aliphatic heterocycles. The number of urea groups is 1. The molecule has 0 bridgehead atoms. The van der Waals surface area contributed by atoms with Gasteiger partial charge in [0.2, 0.25) is 0 Å². The Labute approximate surface area is 146 Å². The van der Waals surface area contributed by atoms with Crippen LogP contribution >= 0.6 is 11.8 Å². The predicted molar refractivity (Wildman–Crippen MR) is 91.6 cm³/mol. The minimum absolute atomic E-state index is 0.135. The monoisotopic (exact) mass is 356 g/mol. The molecular formula is C15H24N4O4S. The van der Waals surface area contributed by atoms with E-state index in [0.29, 0.717) is 18.3 Å². The van der Waals surface area contributed by atoms with Gasteiger partial charge in [-0.3, -0.25) is 14.9 Å². The van der Waals surface area contributed by atoms with E-state index in [-0.39, 0.29) is 17.6 Å². The van der Waals surface area contributed by atoms with Crippen LogP contribution in [0.2, 0.25) is 0 Å². The van der Waals surface area contributed by atoms with Crippen molar-refractivity contribution >= 4 is 34.8 Å². The van der Waals surface area contributed by atoms with E-state index in [4.69, 9.17) is 4.74 Å². The van der Waals surface area contributed by atoms with Gasteiger partial charge in [-0.05, 0) is 13.3 Å². The third-order valence-corrected chi connectivity index (χ3v) is 4.93. The highest BCUT2D eigenvalue weighted by atomic mass is 32.2. The summed E-state index contributed by atoms with van der Waals surface area (Å²) in [6.45, 7) is 4.86. The molecule has 2 aliphatic rings. The number of thioether (sulfide) groups is 1. The van der Waals surface area contributed by atoms with Crippen LogP contribution in [0.15, 0.2) is 4.99 Å². The van der Waals surface area contributed by atoms with Crippen LogP contribution in [-0.4, -0.2) is 71.0 Å². The van der Waals surface area contributed by atoms with Crippen molar-refractivity contribution < 1.29 is 19.1 Å². The summed E-state index contributed by atoms with van der Waals surface area (Å²) < 4.78 is 4.94. The van der Waals surface area contributed by atoms with Crippen LogP contribution in [0.5, 0.6) is 0 Å². The van der Waals surface area contributed by atoms with Crippen LogP contribution in [0.25, 0.3) is 0 Å². The van der Waals surface area contributed by atoms with Crippen molar-refractivity contribution in [3.8, 4) is 0 Å². The smallest absolute Gasteiger partial charge is 0.325 e. The number of nitrogens with zero attached hydrogens (tertiary/aromatic N) is 3. The Bertz CT molecular complexity index is 540. The molecule has 0 aromatic rings. The minimum Gasteiger partial charge on any atom is -0.465 e. The molecule has 2 unspecified atom stereocenters. The van der Waals surface area contributed by atoms with Gasteiger partial charge in [-0.15, -0.1) is 0 Å². The van der Waals surface area contributed by atoms with Gasteiger partial charge < -0.3 is 14.5 Å². The quantitative estimate of drug-likeness (QED) is 0.541. The van der Waals surface area contributed by atoms with E-state index in [0.717, 1.165) is 19.3 Å². The second-order valence-corrected chi connectivity index (χ2v) is 6.61. The van der Waals surface area contributed by atoms with Crippen LogP contribution in [0.3, 0.4) is 0 Å². The Morgan fingerprint density at radius 1 is 1.33 bits per heavy atom. The Balaban J connectivity index is 2.12. The van der Waals surface area contributed by atoms with Crippen molar-refractivity contribution in [2.75, 3.05) is 26.0 Å². The molecule has 24 heavy (non-hydrogen) atoms. The molecule has 0 aromatic carbocycles. The molecule has 0 saturated carbocycles. The van der Waals surface area contributed by atoms with Gasteiger partial charge in [0.05, 0.1) is 12.4 Å². The summed E-state index contributed by atoms with van der Waals surface area (Å²) in [5, 5.41) is 2.98. The number of esters is 1. The number of unbranched alkanes of at least 4 members (excludes halogenated alkanes) is 2. The lowest BCUT2D eigenvalue weighted by molar-refractivity contribution is -0.139. The fraction of sp³-hybridized carbons (Fsp3) is 0.733. The predicted octanol–water partition coefficient (Wildman–Crippen LogP) is 1.02. The molecule has 1 N–H and O–H groups in total. The Morgan fingerprint density at radius 2 is 2.08 bits per heavy atom. The van der Waals surface area contributed by atoms with E-state index in [1.54, 1.807) is 14.0 Å². The zero-order valence-electron chi connectivity index (χ0n) is 14.3. The second-order valence-electron chi connectivity index (χ2n) is 5.67. The zero-order valence-corrected chi connectivity index (χ0v) is 15.1. The average molecular weight is 356 g/mol. The highest BCUT2D eigenvalue weighted by Crippen LogP contribution is 2.28. The number of likely N-dealkylation sites (N-methyl/N-ethyl adjacent to an activating group) is 1. The number of hydrogen-bond acceptors (Lipinski definition) is 7. The van der Waals surface area contributed by atoms with Crippen LogP contribution in [0.4, 0.5) is 4.79 Å². The van der Waals surface area contributed by atoms with Crippen molar-refractivity contribution in [3.63, 3.8) is 0 Å². The first-order chi connectivity index (χ1) is 11.5. The minimum atomic E-state index is -0.544. The van der Waals surface area contributed by atoms with E-state index < -0.39 is 18.2 Å². The highest BCUT2D eigenvalue weighted by Gasteiger charge is 2.48. The fourth-order valence-corrected chi connectivity index (χ4v) is 3.60. The lowest BCUT2D eigenvalue weighted by atomic mass is 10.1. The molecule has 2 rings (SSSR count). The summed E-state index contributed by atoms with van der Waals surface area (Å²) >= 11 is 1.25. The Morgan fingerprint density at radius 3 is 2.75 bits per heavy atom. The highest BCUT2D eigenvalue weighted by molar-refractivity contribution is 8.14. The molecule has 0 spiro atoms. The number of amidine groups is 1. The van der Waals surface area contributed by atoms with E-state index in [2.05, 4.69) is 17.2 Å². The van der Waals surface area contributed by atoms with E-state index in [1.165, 1.54) is 16.7 Å². The molecule has 8 nitrogen and oxygen atoms in total. The van der Waals surface area contributed by atoms with Gasteiger partial charge in [0.25, 0.3) is 5.91 Å². The number of ether oxygens (including phenoxy) is 1. The summed E-state index contributed by atoms with van der Waals surface area (Å²) in [4.78, 5) is 43.5. The largest absolute Gasteiger partial charge is 0.465 e. The maximum absolute atomic E-state index is 12.3. The molecule has 3 amide bonds. The first-order valence-corrected chi connectivity index (χ1v) is 9.18. The molecule has 0 aromatic heterocycles. The normalized spacial score (nSPS) is 23.0. The molecule has 0 aliphatic carbocycles. The van der Waals surface area contributed by atoms with E-state index in [9.17, 15) is 14.4 Å². The maximum atomic E-state index is 12.3. The number of rotatable bonds is 7. The van der Waals surface area contributed by atoms with Gasteiger partial charge in [0.1, 0.15) is 0 Å². The summed E-state index contributed by atoms with van der Waals surface area (Å²) in [6.07, 6.45) is 2.48. The van der Waals surface area contributed by atoms with Crippen molar-refractivity contribution in [2.24, 2.45) is 4.99 Å². The van der Waals surface area contributed by atoms with Gasteiger partial charge in [-0.25, -0.2) is 9.79 Å². The summed E-state index contributed by atoms with van der Waals surface area (Å²) in [7, 11) is 1.62. The van der Waals surface area contributed by atoms with Gasteiger partial charge >= 0.3 is 12.0 Å². The lowest BCUT2D eigenvalue weighted by Gasteiger charge is -2.36. The number of imide groups is 1. The van der Waals surface area contributed by atoms with Crippen molar-refractivity contribution in [1.29, 1.82) is 0 Å². The van der Waals surface area contributed by atoms with Crippen LogP contribution in [-0.2, 0) is 14.3 Å². The third-order valence-electron chi connectivity index (χ3n) is 3.95. The maximum Gasteiger partial charge on any atom is 0.325 e. The van der Waals surface area contributed by atoms with Crippen LogP contribution in [0.1, 0.15) is 33.1 Å². The molecule has 2 atom stereocenters. The van der Waals surface area contributed by atoms with Gasteiger partial charge in [-0.2, -0.15) is 0 Å². The van der Waals surface area contributed by atoms with Crippen LogP contribution < -0.4 is 5.32 Å². The topological polar surface area (TPSA) is 91.3 Å². The van der Waals surface area contributed by atoms with Crippen molar-refractivity contribution in [3.05, 3.63) is 0 Å². The summed E-state index contributed by atoms with van der Waals surface area (Å²) in [5.41, 5.74) is 0. The number of amides is 3. The van der Waals surface area contributed by atoms with Gasteiger partial charge in [0, 0.05) is 13.6 Å². The number of fused-ring (bicyclic) bond motifs is 1. The van der Waals surface area contributed by atoms with Gasteiger partial charge in [-0.1, -0.05) is 31.5 Å². The SMILES string of the molecule is CCCCCN1C(SCC(=O)OCC)=NC2C1C(=O)NC(=O)N2C. The molecule has 1 fully saturated rings. The average Bonchev–Trinajstić information content (AvgIpc) is 2.91. The Kier molecular flexibility index (Phi) is 6.47. The molecule has 1 saturated heterocycles. The summed E-state index contributed by atoms with van der Waals surface area (Å²) in [6, 6.07) is -0.982. The zero-order chi connectivity index (χ0) is 17.7. The number of nitrogens with one attached hydrogen (secondary N) is 1. The van der Waals surface area contributed by atoms with Gasteiger partial charge in [0.15, 0.2) is 17.4 Å². The molecular weight excluding hydrogens is 332 g/mol. The first kappa shape index (κ1) is 18.6. The van der Waals surface area contributed by atoms with Crippen molar-refractivity contribution in [1.82, 2.24) is 15.1 Å². The van der Waals surface area contributed by atoms with E-state index in [1.807, 2.05) is 4.90 Å². The Hall–Kier alpha value is -1.77. The molecule has 134 valence electrons. The van der Waals surface area contributed by atoms with Crippen LogP contribution in [0, 0.1) is 0 Å². The number of hydrogen-bond donors (Lipinski definition) is 1. The third kappa shape index (κ3) is 4.00. The second kappa shape index (κ2) is 8.36. The lowest BCUT2D eigenvalue weighted by Crippen LogP contribution is -2.63. The molecule has 0 radical (unpaired) electrons. The number of carbonyl (C=O) groups is 3. The first-order valence-electron chi connectivity index (χ1n) is 8.20. The fourth-order valence-electron chi connectivity index (χ4n) is 2.71. The summed E-state index contributed by atoms with van der Waals surface area (Å²) in [5.74, 6) is -0.520. The molecule has 9 heteroatoms.